The molecule has 1 aliphatic heterocycles. The first-order valence-corrected chi connectivity index (χ1v) is 6.14. The zero-order valence-corrected chi connectivity index (χ0v) is 10.3. The number of nitrogens with two attached hydrogens (primary N) is 1. The van der Waals surface area contributed by atoms with Crippen LogP contribution in [0.4, 0.5) is 24.8 Å². The van der Waals surface area contributed by atoms with Gasteiger partial charge in [0.2, 0.25) is 0 Å². The molecule has 1 atom stereocenters. The predicted molar refractivity (Wildman–Crippen MR) is 65.7 cm³/mol. The van der Waals surface area contributed by atoms with Gasteiger partial charge < -0.3 is 15.7 Å². The molecule has 1 aromatic heterocycles. The van der Waals surface area contributed by atoms with Gasteiger partial charge in [-0.15, -0.1) is 0 Å². The fraction of sp³-hybridized carbons (Fsp3) is 0.583. The molecular formula is C12H16F3N3O. The number of halogens is 3. The highest BCUT2D eigenvalue weighted by Gasteiger charge is 2.33. The van der Waals surface area contributed by atoms with Crippen LogP contribution < -0.4 is 10.6 Å². The van der Waals surface area contributed by atoms with Crippen LogP contribution in [-0.4, -0.2) is 29.3 Å². The summed E-state index contributed by atoms with van der Waals surface area (Å²) in [5.74, 6) is 0.0261. The van der Waals surface area contributed by atoms with E-state index in [1.807, 2.05) is 0 Å². The van der Waals surface area contributed by atoms with Gasteiger partial charge in [0.05, 0.1) is 18.2 Å². The van der Waals surface area contributed by atoms with Crippen molar-refractivity contribution in [2.75, 3.05) is 23.8 Å². The minimum absolute atomic E-state index is 0.0994. The summed E-state index contributed by atoms with van der Waals surface area (Å²) in [6.07, 6.45) is -1.88. The molecule has 0 aromatic carbocycles. The molecule has 0 saturated carbocycles. The summed E-state index contributed by atoms with van der Waals surface area (Å²) < 4.78 is 38.2. The van der Waals surface area contributed by atoms with E-state index in [0.717, 1.165) is 31.4 Å². The summed E-state index contributed by atoms with van der Waals surface area (Å²) in [5, 5.41) is 9.30. The standard InChI is InChI=1S/C12H16F3N3O/c13-12(14,15)8-5-10(16)17-11(6-8)18-4-2-1-3-9(18)7-19/h5-6,9,19H,1-4,7H2,(H2,16,17). The van der Waals surface area contributed by atoms with Crippen molar-refractivity contribution in [3.05, 3.63) is 17.7 Å². The Balaban J connectivity index is 2.35. The van der Waals surface area contributed by atoms with Crippen LogP contribution in [0, 0.1) is 0 Å². The summed E-state index contributed by atoms with van der Waals surface area (Å²) in [6, 6.07) is 1.62. The van der Waals surface area contributed by atoms with E-state index in [1.54, 1.807) is 4.90 Å². The van der Waals surface area contributed by atoms with Crippen molar-refractivity contribution in [2.24, 2.45) is 0 Å². The second-order valence-corrected chi connectivity index (χ2v) is 4.66. The number of piperidine rings is 1. The number of nitrogens with zero attached hydrogens (tertiary/aromatic N) is 2. The number of aromatic nitrogens is 1. The van der Waals surface area contributed by atoms with E-state index in [-0.39, 0.29) is 24.3 Å². The maximum Gasteiger partial charge on any atom is 0.416 e. The first-order valence-electron chi connectivity index (χ1n) is 6.14. The van der Waals surface area contributed by atoms with Crippen LogP contribution in [0.3, 0.4) is 0 Å². The van der Waals surface area contributed by atoms with Crippen molar-refractivity contribution in [1.29, 1.82) is 0 Å². The second kappa shape index (κ2) is 5.24. The Hall–Kier alpha value is -1.50. The van der Waals surface area contributed by atoms with Crippen molar-refractivity contribution in [2.45, 2.75) is 31.5 Å². The van der Waals surface area contributed by atoms with Crippen molar-refractivity contribution in [3.63, 3.8) is 0 Å². The van der Waals surface area contributed by atoms with Gasteiger partial charge >= 0.3 is 6.18 Å². The van der Waals surface area contributed by atoms with Crippen LogP contribution in [0.25, 0.3) is 0 Å². The van der Waals surface area contributed by atoms with Crippen molar-refractivity contribution in [3.8, 4) is 0 Å². The Morgan fingerprint density at radius 1 is 1.37 bits per heavy atom. The number of rotatable bonds is 2. The molecule has 1 unspecified atom stereocenters. The first-order chi connectivity index (χ1) is 8.91. The van der Waals surface area contributed by atoms with E-state index in [2.05, 4.69) is 4.98 Å². The second-order valence-electron chi connectivity index (χ2n) is 4.66. The first kappa shape index (κ1) is 13.9. The molecule has 0 aliphatic carbocycles. The highest BCUT2D eigenvalue weighted by molar-refractivity contribution is 5.50. The molecule has 0 bridgehead atoms. The molecule has 0 amide bonds. The number of hydrogen-bond donors (Lipinski definition) is 2. The van der Waals surface area contributed by atoms with Gasteiger partial charge in [-0.3, -0.25) is 0 Å². The summed E-state index contributed by atoms with van der Waals surface area (Å²) >= 11 is 0. The number of alkyl halides is 3. The van der Waals surface area contributed by atoms with E-state index >= 15 is 0 Å². The third kappa shape index (κ3) is 3.09. The van der Waals surface area contributed by atoms with E-state index in [0.29, 0.717) is 6.54 Å². The van der Waals surface area contributed by atoms with E-state index in [9.17, 15) is 18.3 Å². The van der Waals surface area contributed by atoms with Crippen LogP contribution in [0.1, 0.15) is 24.8 Å². The largest absolute Gasteiger partial charge is 0.416 e. The van der Waals surface area contributed by atoms with Crippen molar-refractivity contribution < 1.29 is 18.3 Å². The Morgan fingerprint density at radius 2 is 2.11 bits per heavy atom. The molecule has 2 rings (SSSR count). The highest BCUT2D eigenvalue weighted by atomic mass is 19.4. The number of nitrogen functional groups attached to an aromatic ring is 1. The average Bonchev–Trinajstić information content (AvgIpc) is 2.37. The minimum Gasteiger partial charge on any atom is -0.394 e. The third-order valence-corrected chi connectivity index (χ3v) is 3.29. The van der Waals surface area contributed by atoms with E-state index < -0.39 is 11.7 Å². The lowest BCUT2D eigenvalue weighted by atomic mass is 10.0. The molecule has 7 heteroatoms. The van der Waals surface area contributed by atoms with E-state index in [1.165, 1.54) is 0 Å². The molecule has 1 aliphatic rings. The Kier molecular flexibility index (Phi) is 3.84. The van der Waals surface area contributed by atoms with Gasteiger partial charge in [0.1, 0.15) is 11.6 Å². The van der Waals surface area contributed by atoms with Gasteiger partial charge in [0.25, 0.3) is 0 Å². The van der Waals surface area contributed by atoms with Gasteiger partial charge in [0, 0.05) is 6.54 Å². The molecule has 106 valence electrons. The summed E-state index contributed by atoms with van der Waals surface area (Å²) in [6.45, 7) is 0.483. The molecular weight excluding hydrogens is 259 g/mol. The fourth-order valence-corrected chi connectivity index (χ4v) is 2.34. The number of hydrogen-bond acceptors (Lipinski definition) is 4. The van der Waals surface area contributed by atoms with Gasteiger partial charge in [-0.1, -0.05) is 0 Å². The Bertz CT molecular complexity index is 450. The summed E-state index contributed by atoms with van der Waals surface area (Å²) in [7, 11) is 0. The van der Waals surface area contributed by atoms with Gasteiger partial charge in [-0.25, -0.2) is 4.98 Å². The van der Waals surface area contributed by atoms with Gasteiger partial charge in [-0.2, -0.15) is 13.2 Å². The normalized spacial score (nSPS) is 20.6. The molecule has 0 radical (unpaired) electrons. The quantitative estimate of drug-likeness (QED) is 0.867. The van der Waals surface area contributed by atoms with Crippen molar-refractivity contribution >= 4 is 11.6 Å². The lowest BCUT2D eigenvalue weighted by molar-refractivity contribution is -0.137. The minimum atomic E-state index is -4.45. The summed E-state index contributed by atoms with van der Waals surface area (Å²) in [5.41, 5.74) is 4.64. The smallest absolute Gasteiger partial charge is 0.394 e. The molecule has 2 heterocycles. The molecule has 3 N–H and O–H groups in total. The summed E-state index contributed by atoms with van der Waals surface area (Å²) in [4.78, 5) is 5.67. The average molecular weight is 275 g/mol. The lowest BCUT2D eigenvalue weighted by Gasteiger charge is -2.35. The zero-order chi connectivity index (χ0) is 14.0. The maximum absolute atomic E-state index is 12.7. The topological polar surface area (TPSA) is 62.4 Å². The monoisotopic (exact) mass is 275 g/mol. The van der Waals surface area contributed by atoms with Crippen LogP contribution in [0.5, 0.6) is 0 Å². The molecule has 4 nitrogen and oxygen atoms in total. The van der Waals surface area contributed by atoms with Gasteiger partial charge in [0.15, 0.2) is 0 Å². The van der Waals surface area contributed by atoms with Crippen molar-refractivity contribution in [1.82, 2.24) is 4.98 Å². The molecule has 1 aromatic rings. The van der Waals surface area contributed by atoms with Crippen LogP contribution in [0.2, 0.25) is 0 Å². The van der Waals surface area contributed by atoms with Crippen LogP contribution >= 0.6 is 0 Å². The molecule has 1 fully saturated rings. The SMILES string of the molecule is Nc1cc(C(F)(F)F)cc(N2CCCCC2CO)n1. The Morgan fingerprint density at radius 3 is 2.74 bits per heavy atom. The maximum atomic E-state index is 12.7. The number of anilines is 2. The highest BCUT2D eigenvalue weighted by Crippen LogP contribution is 2.33. The number of aliphatic hydroxyl groups excluding tert-OH is 1. The zero-order valence-electron chi connectivity index (χ0n) is 10.3. The van der Waals surface area contributed by atoms with Crippen LogP contribution in [0.15, 0.2) is 12.1 Å². The van der Waals surface area contributed by atoms with Crippen LogP contribution in [-0.2, 0) is 6.18 Å². The number of aliphatic hydroxyl groups is 1. The molecule has 19 heavy (non-hydrogen) atoms. The van der Waals surface area contributed by atoms with Gasteiger partial charge in [-0.05, 0) is 31.4 Å². The fourth-order valence-electron chi connectivity index (χ4n) is 2.34. The molecule has 0 spiro atoms. The van der Waals surface area contributed by atoms with E-state index in [4.69, 9.17) is 5.73 Å². The lowest BCUT2D eigenvalue weighted by Crippen LogP contribution is -2.42. The predicted octanol–water partition coefficient (Wildman–Crippen LogP) is 2.03. The Labute approximate surface area is 109 Å². The molecule has 1 saturated heterocycles. The number of pyridine rings is 1. The third-order valence-electron chi connectivity index (χ3n) is 3.29.